The number of carbonyl (C=O) groups excluding carboxylic acids is 1. The maximum absolute atomic E-state index is 11.2. The molecule has 0 aliphatic carbocycles. The van der Waals surface area contributed by atoms with Crippen molar-refractivity contribution in [2.75, 3.05) is 12.5 Å². The third-order valence-corrected chi connectivity index (χ3v) is 2.98. The molecule has 0 spiro atoms. The van der Waals surface area contributed by atoms with Crippen molar-refractivity contribution >= 4 is 29.3 Å². The van der Waals surface area contributed by atoms with Gasteiger partial charge in [0.1, 0.15) is 5.69 Å². The Morgan fingerprint density at radius 2 is 1.87 bits per heavy atom. The Balaban J connectivity index is 3.02. The average molecular weight is 242 g/mol. The standard InChI is InChI=1S/C10H14N2OS2/c1-7(13)8-4-11-9(5-14-2)10(12-8)6-15-3/h4H,5-6H2,1-3H3. The van der Waals surface area contributed by atoms with E-state index in [1.807, 2.05) is 12.5 Å². The number of thioether (sulfide) groups is 2. The molecule has 0 N–H and O–H groups in total. The lowest BCUT2D eigenvalue weighted by atomic mass is 10.3. The summed E-state index contributed by atoms with van der Waals surface area (Å²) in [5, 5.41) is 0. The second-order valence-electron chi connectivity index (χ2n) is 3.07. The Morgan fingerprint density at radius 1 is 1.27 bits per heavy atom. The average Bonchev–Trinajstić information content (AvgIpc) is 2.21. The van der Waals surface area contributed by atoms with Crippen molar-refractivity contribution in [2.24, 2.45) is 0 Å². The van der Waals surface area contributed by atoms with E-state index < -0.39 is 0 Å². The minimum atomic E-state index is -0.0273. The molecule has 1 heterocycles. The molecule has 0 amide bonds. The van der Waals surface area contributed by atoms with Crippen molar-refractivity contribution in [2.45, 2.75) is 18.4 Å². The SMILES string of the molecule is CSCc1ncc(C(C)=O)nc1CSC. The highest BCUT2D eigenvalue weighted by molar-refractivity contribution is 7.98. The van der Waals surface area contributed by atoms with Gasteiger partial charge in [0.25, 0.3) is 0 Å². The molecule has 1 aromatic rings. The molecular weight excluding hydrogens is 228 g/mol. The highest BCUT2D eigenvalue weighted by atomic mass is 32.2. The van der Waals surface area contributed by atoms with Gasteiger partial charge in [-0.2, -0.15) is 23.5 Å². The van der Waals surface area contributed by atoms with Gasteiger partial charge in [-0.05, 0) is 12.5 Å². The van der Waals surface area contributed by atoms with Crippen LogP contribution in [0.4, 0.5) is 0 Å². The molecule has 0 atom stereocenters. The predicted molar refractivity (Wildman–Crippen MR) is 66.5 cm³/mol. The van der Waals surface area contributed by atoms with Crippen molar-refractivity contribution < 1.29 is 4.79 Å². The smallest absolute Gasteiger partial charge is 0.179 e. The topological polar surface area (TPSA) is 42.9 Å². The monoisotopic (exact) mass is 242 g/mol. The summed E-state index contributed by atoms with van der Waals surface area (Å²) in [5.74, 6) is 1.63. The lowest BCUT2D eigenvalue weighted by molar-refractivity contribution is 0.101. The Bertz CT molecular complexity index is 355. The Hall–Kier alpha value is -0.550. The van der Waals surface area contributed by atoms with Crippen molar-refractivity contribution in [3.63, 3.8) is 0 Å². The van der Waals surface area contributed by atoms with Gasteiger partial charge in [0.15, 0.2) is 5.78 Å². The molecule has 0 aliphatic rings. The molecule has 0 saturated carbocycles. The van der Waals surface area contributed by atoms with Gasteiger partial charge in [0.05, 0.1) is 17.6 Å². The normalized spacial score (nSPS) is 10.3. The molecule has 0 fully saturated rings. The van der Waals surface area contributed by atoms with Crippen LogP contribution in [-0.4, -0.2) is 28.3 Å². The molecule has 0 radical (unpaired) electrons. The Morgan fingerprint density at radius 3 is 2.40 bits per heavy atom. The van der Waals surface area contributed by atoms with Gasteiger partial charge in [-0.15, -0.1) is 0 Å². The summed E-state index contributed by atoms with van der Waals surface area (Å²) in [5.41, 5.74) is 2.38. The fourth-order valence-electron chi connectivity index (χ4n) is 1.13. The van der Waals surface area contributed by atoms with Gasteiger partial charge in [-0.25, -0.2) is 4.98 Å². The molecule has 15 heavy (non-hydrogen) atoms. The first-order valence-electron chi connectivity index (χ1n) is 4.52. The van der Waals surface area contributed by atoms with Gasteiger partial charge in [0.2, 0.25) is 0 Å². The van der Waals surface area contributed by atoms with Crippen molar-refractivity contribution in [3.05, 3.63) is 23.3 Å². The molecule has 0 unspecified atom stereocenters. The maximum atomic E-state index is 11.2. The van der Waals surface area contributed by atoms with E-state index in [-0.39, 0.29) is 5.78 Å². The van der Waals surface area contributed by atoms with Crippen molar-refractivity contribution in [1.82, 2.24) is 9.97 Å². The van der Waals surface area contributed by atoms with Crippen LogP contribution in [0.1, 0.15) is 28.8 Å². The number of hydrogen-bond acceptors (Lipinski definition) is 5. The number of nitrogens with zero attached hydrogens (tertiary/aromatic N) is 2. The third-order valence-electron chi connectivity index (χ3n) is 1.85. The van der Waals surface area contributed by atoms with Crippen LogP contribution < -0.4 is 0 Å². The first-order chi connectivity index (χ1) is 7.19. The van der Waals surface area contributed by atoms with Crippen LogP contribution in [0.5, 0.6) is 0 Å². The lowest BCUT2D eigenvalue weighted by Gasteiger charge is -2.06. The van der Waals surface area contributed by atoms with Crippen LogP contribution in [0.2, 0.25) is 0 Å². The first kappa shape index (κ1) is 12.5. The van der Waals surface area contributed by atoms with E-state index in [0.717, 1.165) is 22.9 Å². The predicted octanol–water partition coefficient (Wildman–Crippen LogP) is 2.41. The molecule has 82 valence electrons. The largest absolute Gasteiger partial charge is 0.293 e. The Kier molecular flexibility index (Phi) is 5.11. The van der Waals surface area contributed by atoms with Gasteiger partial charge < -0.3 is 0 Å². The molecule has 3 nitrogen and oxygen atoms in total. The summed E-state index contributed by atoms with van der Waals surface area (Å²) in [6.45, 7) is 1.52. The number of carbonyl (C=O) groups is 1. The van der Waals surface area contributed by atoms with E-state index >= 15 is 0 Å². The summed E-state index contributed by atoms with van der Waals surface area (Å²) < 4.78 is 0. The van der Waals surface area contributed by atoms with Crippen LogP contribution in [0.25, 0.3) is 0 Å². The summed E-state index contributed by atoms with van der Waals surface area (Å²) in [6, 6.07) is 0. The zero-order valence-electron chi connectivity index (χ0n) is 9.11. The third kappa shape index (κ3) is 3.50. The van der Waals surface area contributed by atoms with Gasteiger partial charge in [0, 0.05) is 18.4 Å². The van der Waals surface area contributed by atoms with Crippen molar-refractivity contribution in [3.8, 4) is 0 Å². The van der Waals surface area contributed by atoms with Gasteiger partial charge in [-0.3, -0.25) is 9.78 Å². The quantitative estimate of drug-likeness (QED) is 0.742. The second-order valence-corrected chi connectivity index (χ2v) is 4.80. The summed E-state index contributed by atoms with van der Waals surface area (Å²) in [4.78, 5) is 19.8. The number of hydrogen-bond donors (Lipinski definition) is 0. The van der Waals surface area contributed by atoms with Crippen LogP contribution in [-0.2, 0) is 11.5 Å². The number of Topliss-reactive ketones (excluding diaryl/α,β-unsaturated/α-hetero) is 1. The second kappa shape index (κ2) is 6.12. The molecular formula is C10H14N2OS2. The van der Waals surface area contributed by atoms with E-state index in [1.165, 1.54) is 6.92 Å². The van der Waals surface area contributed by atoms with Crippen LogP contribution in [0.3, 0.4) is 0 Å². The maximum Gasteiger partial charge on any atom is 0.179 e. The highest BCUT2D eigenvalue weighted by Crippen LogP contribution is 2.15. The fourth-order valence-corrected chi connectivity index (χ4v) is 2.15. The highest BCUT2D eigenvalue weighted by Gasteiger charge is 2.09. The summed E-state index contributed by atoms with van der Waals surface area (Å²) >= 11 is 3.40. The molecule has 0 aromatic carbocycles. The first-order valence-corrected chi connectivity index (χ1v) is 7.31. The van der Waals surface area contributed by atoms with E-state index in [9.17, 15) is 4.79 Å². The number of aromatic nitrogens is 2. The van der Waals surface area contributed by atoms with Crippen molar-refractivity contribution in [1.29, 1.82) is 0 Å². The minimum Gasteiger partial charge on any atom is -0.293 e. The van der Waals surface area contributed by atoms with Crippen LogP contribution >= 0.6 is 23.5 Å². The van der Waals surface area contributed by atoms with Crippen LogP contribution in [0, 0.1) is 0 Å². The molecule has 0 saturated heterocycles. The fraction of sp³-hybridized carbons (Fsp3) is 0.500. The van der Waals surface area contributed by atoms with Gasteiger partial charge in [-0.1, -0.05) is 0 Å². The van der Waals surface area contributed by atoms with Gasteiger partial charge >= 0.3 is 0 Å². The molecule has 5 heteroatoms. The van der Waals surface area contributed by atoms with Crippen LogP contribution in [0.15, 0.2) is 6.20 Å². The molecule has 0 bridgehead atoms. The molecule has 0 aliphatic heterocycles. The zero-order valence-corrected chi connectivity index (χ0v) is 10.7. The summed E-state index contributed by atoms with van der Waals surface area (Å²) in [6.07, 6.45) is 5.62. The zero-order chi connectivity index (χ0) is 11.3. The minimum absolute atomic E-state index is 0.0273. The molecule has 1 aromatic heterocycles. The number of rotatable bonds is 5. The van der Waals surface area contributed by atoms with E-state index in [2.05, 4.69) is 9.97 Å². The van der Waals surface area contributed by atoms with E-state index in [1.54, 1.807) is 29.7 Å². The van der Waals surface area contributed by atoms with E-state index in [0.29, 0.717) is 5.69 Å². The van der Waals surface area contributed by atoms with E-state index in [4.69, 9.17) is 0 Å². The summed E-state index contributed by atoms with van der Waals surface area (Å²) in [7, 11) is 0. The number of ketones is 1. The lowest BCUT2D eigenvalue weighted by Crippen LogP contribution is -2.05. The Labute approximate surface area is 98.5 Å². The molecule has 1 rings (SSSR count).